The molecule has 0 unspecified atom stereocenters. The molecule has 2 aliphatic heterocycles. The summed E-state index contributed by atoms with van der Waals surface area (Å²) in [4.78, 5) is 75.6. The molecule has 0 radical (unpaired) electrons. The minimum absolute atomic E-state index is 0. The number of aliphatic carboxylic acids is 1. The van der Waals surface area contributed by atoms with E-state index in [1.165, 1.54) is 49.0 Å². The second kappa shape index (κ2) is 27.7. The highest BCUT2D eigenvalue weighted by Gasteiger charge is 2.41. The summed E-state index contributed by atoms with van der Waals surface area (Å²) in [5, 5.41) is 19.3. The fourth-order valence-electron chi connectivity index (χ4n) is 4.13. The van der Waals surface area contributed by atoms with Crippen molar-refractivity contribution >= 4 is 41.5 Å². The van der Waals surface area contributed by atoms with Crippen LogP contribution in [0.15, 0.2) is 35.6 Å². The maximum Gasteiger partial charge on any atom is 0.352 e. The number of ether oxygens (including phenoxy) is 7. The molecule has 2 heterocycles. The molecule has 2 saturated heterocycles. The fraction of sp³-hybridized carbons (Fsp3) is 0.447. The van der Waals surface area contributed by atoms with Gasteiger partial charge >= 0.3 is 29.8 Å². The summed E-state index contributed by atoms with van der Waals surface area (Å²) in [6.45, 7) is 4.48. The van der Waals surface area contributed by atoms with Crippen LogP contribution >= 0.6 is 0 Å². The van der Waals surface area contributed by atoms with Crippen molar-refractivity contribution in [1.82, 2.24) is 5.32 Å². The number of aliphatic hydroxyl groups is 1. The van der Waals surface area contributed by atoms with E-state index >= 15 is 0 Å². The molecule has 2 aliphatic rings. The van der Waals surface area contributed by atoms with Gasteiger partial charge in [0.05, 0.1) is 6.42 Å². The van der Waals surface area contributed by atoms with Gasteiger partial charge in [0.15, 0.2) is 11.4 Å². The lowest BCUT2D eigenvalue weighted by atomic mass is 10.2. The predicted octanol–water partition coefficient (Wildman–Crippen LogP) is 3.74. The van der Waals surface area contributed by atoms with E-state index in [9.17, 15) is 65.0 Å². The molecular weight excluding hydrogens is 854 g/mol. The van der Waals surface area contributed by atoms with Gasteiger partial charge in [-0.3, -0.25) is 19.2 Å². The van der Waals surface area contributed by atoms with Gasteiger partial charge in [-0.15, -0.1) is 0 Å². The Kier molecular flexibility index (Phi) is 25.9. The van der Waals surface area contributed by atoms with E-state index < -0.39 is 118 Å². The number of halogens is 6. The molecule has 0 aliphatic carbocycles. The number of carbonyl (C=O) groups is 7. The number of carboxylic acids is 1. The molecule has 2 aromatic rings. The van der Waals surface area contributed by atoms with Crippen molar-refractivity contribution in [2.45, 2.75) is 72.6 Å². The zero-order valence-electron chi connectivity index (χ0n) is 33.7. The summed E-state index contributed by atoms with van der Waals surface area (Å²) < 4.78 is 109. The minimum Gasteiger partial charge on any atom is -0.509 e. The summed E-state index contributed by atoms with van der Waals surface area (Å²) in [7, 11) is 3.97. The highest BCUT2D eigenvalue weighted by molar-refractivity contribution is 6.15. The Morgan fingerprint density at radius 3 is 1.40 bits per heavy atom. The van der Waals surface area contributed by atoms with E-state index in [1.807, 2.05) is 0 Å². The minimum atomic E-state index is -1.30. The number of nitrogens with two attached hydrogens (primary N) is 1. The van der Waals surface area contributed by atoms with Crippen LogP contribution < -0.4 is 11.1 Å². The number of hydrogen-bond donors (Lipinski definition) is 4. The van der Waals surface area contributed by atoms with E-state index in [0.29, 0.717) is 24.3 Å². The second-order valence-corrected chi connectivity index (χ2v) is 12.6. The Labute approximate surface area is 351 Å². The number of Topliss-reactive ketones (excluding diaryl/α,β-unsaturated/α-hetero) is 1. The van der Waals surface area contributed by atoms with E-state index in [1.54, 1.807) is 0 Å². The van der Waals surface area contributed by atoms with Gasteiger partial charge < -0.3 is 54.4 Å². The number of ketones is 1. The van der Waals surface area contributed by atoms with Crippen molar-refractivity contribution in [2.24, 2.45) is 5.73 Å². The summed E-state index contributed by atoms with van der Waals surface area (Å²) in [5.74, 6) is -13.9. The number of hydrogen-bond acceptors (Lipinski definition) is 16. The summed E-state index contributed by atoms with van der Waals surface area (Å²) >= 11 is 0. The highest BCUT2D eigenvalue weighted by Crippen LogP contribution is 2.24. The zero-order valence-corrected chi connectivity index (χ0v) is 33.7. The number of esters is 4. The molecule has 0 atom stereocenters. The first-order chi connectivity index (χ1) is 28.2. The van der Waals surface area contributed by atoms with Crippen molar-refractivity contribution < 1.29 is 103 Å². The molecule has 0 bridgehead atoms. The Hall–Kier alpha value is -6.11. The number of benzene rings is 2. The van der Waals surface area contributed by atoms with E-state index in [4.69, 9.17) is 20.3 Å². The number of carboxylic acid groups (broad SMARTS) is 1. The maximum absolute atomic E-state index is 13.2. The van der Waals surface area contributed by atoms with E-state index in [-0.39, 0.29) is 45.8 Å². The van der Waals surface area contributed by atoms with Gasteiger partial charge in [-0.1, -0.05) is 7.43 Å². The molecular formula is C38H48F6N2O16. The van der Waals surface area contributed by atoms with E-state index in [2.05, 4.69) is 29.0 Å². The number of rotatable bonds is 11. The van der Waals surface area contributed by atoms with Crippen LogP contribution in [0.3, 0.4) is 0 Å². The second-order valence-electron chi connectivity index (χ2n) is 12.6. The average molecular weight is 903 g/mol. The lowest BCUT2D eigenvalue weighted by molar-refractivity contribution is -0.231. The molecule has 4 rings (SSSR count). The standard InChI is InChI=1S/C12H12F3NO3.C9H12O6.C7H6F3N.C6H8O4.C3H6O3.CH4/c1-19-6-8(17)4-12(18)16-5-9-10(14)2-7(13)3-11(9)15;1-9(2)14-7(11)6(8(12)15-9)5(10)4-13-3;8-4-1-6(9)5(3-11)7(10)2-4;1-6(2)9-4(7)3-5(8)10-6;1-6-2-3(4)5;/h2-3H,4-6H2,1H3,(H,16,18);10H,4H2,1-3H3;1-2H,3,11H2;3H2,1-2H3;2H2,1H3,(H,4,5);1H4. The summed E-state index contributed by atoms with van der Waals surface area (Å²) in [5.41, 5.74) is 3.73. The topological polar surface area (TPSA) is 263 Å². The third-order valence-electron chi connectivity index (χ3n) is 6.47. The van der Waals surface area contributed by atoms with Crippen molar-refractivity contribution in [3.8, 4) is 0 Å². The third-order valence-corrected chi connectivity index (χ3v) is 6.47. The Balaban J connectivity index is 0. The van der Waals surface area contributed by atoms with Crippen molar-refractivity contribution in [3.05, 3.63) is 81.6 Å². The average Bonchev–Trinajstić information content (AvgIpc) is 3.07. The molecule has 0 spiro atoms. The van der Waals surface area contributed by atoms with Gasteiger partial charge in [-0.25, -0.2) is 40.7 Å². The van der Waals surface area contributed by atoms with Gasteiger partial charge in [-0.2, -0.15) is 0 Å². The molecule has 2 aromatic carbocycles. The Morgan fingerprint density at radius 1 is 0.677 bits per heavy atom. The molecule has 5 N–H and O–H groups in total. The highest BCUT2D eigenvalue weighted by atomic mass is 19.2. The Morgan fingerprint density at radius 2 is 1.06 bits per heavy atom. The van der Waals surface area contributed by atoms with Gasteiger partial charge in [0, 0.05) is 97.5 Å². The third kappa shape index (κ3) is 22.5. The molecule has 62 heavy (non-hydrogen) atoms. The van der Waals surface area contributed by atoms with Crippen molar-refractivity contribution in [2.75, 3.05) is 41.2 Å². The SMILES string of the molecule is C.CC1(C)OC(=O)CC(=O)O1.COCC(=O)CC(=O)NCc1c(F)cc(F)cc1F.COCC(=O)O.COCC(O)=C1C(=O)OC(C)(C)OC1=O.NCc1c(F)cc(F)cc1F. The largest absolute Gasteiger partial charge is 0.509 e. The monoisotopic (exact) mass is 902 g/mol. The van der Waals surface area contributed by atoms with Crippen LogP contribution in [0, 0.1) is 34.9 Å². The fourth-order valence-corrected chi connectivity index (χ4v) is 4.13. The van der Waals surface area contributed by atoms with Crippen LogP contribution in [0.25, 0.3) is 0 Å². The van der Waals surface area contributed by atoms with Crippen LogP contribution in [0.5, 0.6) is 0 Å². The molecule has 24 heteroatoms. The first kappa shape index (κ1) is 58.0. The normalized spacial score (nSPS) is 14.3. The first-order valence-electron chi connectivity index (χ1n) is 17.0. The number of nitrogens with one attached hydrogen (secondary N) is 1. The number of cyclic esters (lactones) is 4. The van der Waals surface area contributed by atoms with Crippen LogP contribution in [0.1, 0.15) is 59.1 Å². The molecule has 0 aromatic heterocycles. The maximum atomic E-state index is 13.2. The van der Waals surface area contributed by atoms with Gasteiger partial charge in [0.25, 0.3) is 11.6 Å². The van der Waals surface area contributed by atoms with Gasteiger partial charge in [0.1, 0.15) is 66.9 Å². The first-order valence-corrected chi connectivity index (χ1v) is 17.0. The molecule has 18 nitrogen and oxygen atoms in total. The lowest BCUT2D eigenvalue weighted by Gasteiger charge is -2.29. The van der Waals surface area contributed by atoms with Crippen LogP contribution in [0.2, 0.25) is 0 Å². The number of amides is 1. The Bertz CT molecular complexity index is 1840. The van der Waals surface area contributed by atoms with Crippen molar-refractivity contribution in [3.63, 3.8) is 0 Å². The van der Waals surface area contributed by atoms with Gasteiger partial charge in [0.2, 0.25) is 5.91 Å². The molecule has 0 saturated carbocycles. The zero-order chi connectivity index (χ0) is 47.2. The number of aliphatic hydroxyl groups excluding tert-OH is 1. The van der Waals surface area contributed by atoms with Crippen LogP contribution in [0.4, 0.5) is 26.3 Å². The smallest absolute Gasteiger partial charge is 0.352 e. The lowest BCUT2D eigenvalue weighted by Crippen LogP contribution is -2.42. The summed E-state index contributed by atoms with van der Waals surface area (Å²) in [6.07, 6.45) is -0.721. The number of carbonyl (C=O) groups excluding carboxylic acids is 6. The van der Waals surface area contributed by atoms with Gasteiger partial charge in [-0.05, 0) is 0 Å². The quantitative estimate of drug-likeness (QED) is 0.0625. The van der Waals surface area contributed by atoms with E-state index in [0.717, 1.165) is 0 Å². The summed E-state index contributed by atoms with van der Waals surface area (Å²) in [6, 6.07) is 2.23. The predicted molar refractivity (Wildman–Crippen MR) is 199 cm³/mol. The van der Waals surface area contributed by atoms with Crippen molar-refractivity contribution in [1.29, 1.82) is 0 Å². The molecule has 1 amide bonds. The van der Waals surface area contributed by atoms with Crippen LogP contribution in [-0.4, -0.2) is 104 Å². The molecule has 2 fully saturated rings. The molecule has 348 valence electrons. The number of methoxy groups -OCH3 is 3. The van der Waals surface area contributed by atoms with Crippen LogP contribution in [-0.2, 0) is 79.8 Å².